The van der Waals surface area contributed by atoms with E-state index in [9.17, 15) is 4.79 Å². The van der Waals surface area contributed by atoms with E-state index in [1.807, 2.05) is 0 Å². The molecule has 0 bridgehead atoms. The van der Waals surface area contributed by atoms with Crippen LogP contribution in [0.2, 0.25) is 5.15 Å². The monoisotopic (exact) mass is 259 g/mol. The van der Waals surface area contributed by atoms with Crippen LogP contribution in [0.5, 0.6) is 0 Å². The van der Waals surface area contributed by atoms with E-state index in [0.717, 1.165) is 0 Å². The molecule has 0 aliphatic rings. The highest BCUT2D eigenvalue weighted by Crippen LogP contribution is 2.22. The first kappa shape index (κ1) is 8.65. The van der Waals surface area contributed by atoms with Crippen molar-refractivity contribution in [1.82, 2.24) is 15.0 Å². The Kier molecular flexibility index (Phi) is 2.05. The number of hydrogen-bond donors (Lipinski definition) is 1. The minimum atomic E-state index is -0.268. The summed E-state index contributed by atoms with van der Waals surface area (Å²) in [4.78, 5) is 21.3. The first-order valence-corrected chi connectivity index (χ1v) is 4.54. The molecular weight excluding hydrogens is 257 g/mol. The fourth-order valence-electron chi connectivity index (χ4n) is 0.971. The predicted octanol–water partition coefficient (Wildman–Crippen LogP) is 1.73. The smallest absolute Gasteiger partial charge is 0.266 e. The molecule has 1 N–H and O–H groups in total. The van der Waals surface area contributed by atoms with Crippen molar-refractivity contribution in [3.05, 3.63) is 32.4 Å². The van der Waals surface area contributed by atoms with E-state index in [1.165, 1.54) is 12.4 Å². The number of H-pyrrole nitrogens is 1. The molecule has 2 heterocycles. The van der Waals surface area contributed by atoms with Crippen molar-refractivity contribution in [3.63, 3.8) is 0 Å². The number of pyridine rings is 1. The molecular formula is C7H3BrClN3O. The SMILES string of the molecule is O=c1cnc2c(Cl)ncc(Br)c2[nH]1. The lowest BCUT2D eigenvalue weighted by Gasteiger charge is -1.99. The van der Waals surface area contributed by atoms with Crippen LogP contribution in [0.25, 0.3) is 11.0 Å². The van der Waals surface area contributed by atoms with Gasteiger partial charge in [-0.3, -0.25) is 4.79 Å². The van der Waals surface area contributed by atoms with Crippen LogP contribution < -0.4 is 5.56 Å². The number of aromatic nitrogens is 3. The summed E-state index contributed by atoms with van der Waals surface area (Å²) < 4.78 is 0.664. The number of fused-ring (bicyclic) bond motifs is 1. The van der Waals surface area contributed by atoms with Crippen LogP contribution in [0.3, 0.4) is 0 Å². The zero-order valence-electron chi connectivity index (χ0n) is 6.21. The molecule has 0 amide bonds. The van der Waals surface area contributed by atoms with Crippen molar-refractivity contribution in [3.8, 4) is 0 Å². The van der Waals surface area contributed by atoms with Gasteiger partial charge in [0.15, 0.2) is 5.15 Å². The molecule has 0 unspecified atom stereocenters. The van der Waals surface area contributed by atoms with Gasteiger partial charge in [-0.05, 0) is 15.9 Å². The minimum absolute atomic E-state index is 0.268. The van der Waals surface area contributed by atoms with Crippen LogP contribution >= 0.6 is 27.5 Å². The zero-order chi connectivity index (χ0) is 9.42. The lowest BCUT2D eigenvalue weighted by Crippen LogP contribution is -2.05. The van der Waals surface area contributed by atoms with Crippen molar-refractivity contribution >= 4 is 38.6 Å². The van der Waals surface area contributed by atoms with Gasteiger partial charge in [0.2, 0.25) is 0 Å². The number of aromatic amines is 1. The summed E-state index contributed by atoms with van der Waals surface area (Å²) >= 11 is 9.00. The Labute approximate surface area is 86.1 Å². The molecule has 0 aliphatic carbocycles. The number of nitrogens with one attached hydrogen (secondary N) is 1. The van der Waals surface area contributed by atoms with E-state index < -0.39 is 0 Å². The number of rotatable bonds is 0. The third-order valence-corrected chi connectivity index (χ3v) is 2.40. The maximum atomic E-state index is 10.9. The van der Waals surface area contributed by atoms with Crippen LogP contribution in [-0.4, -0.2) is 15.0 Å². The summed E-state index contributed by atoms with van der Waals surface area (Å²) in [7, 11) is 0. The fourth-order valence-corrected chi connectivity index (χ4v) is 1.55. The molecule has 0 aliphatic heterocycles. The van der Waals surface area contributed by atoms with Gasteiger partial charge in [0, 0.05) is 6.20 Å². The van der Waals surface area contributed by atoms with E-state index in [-0.39, 0.29) is 10.7 Å². The Morgan fingerprint density at radius 1 is 1.38 bits per heavy atom. The van der Waals surface area contributed by atoms with Crippen molar-refractivity contribution < 1.29 is 0 Å². The van der Waals surface area contributed by atoms with Crippen LogP contribution in [0.15, 0.2) is 21.7 Å². The first-order chi connectivity index (χ1) is 6.18. The maximum Gasteiger partial charge on any atom is 0.266 e. The summed E-state index contributed by atoms with van der Waals surface area (Å²) in [5.74, 6) is 0. The molecule has 2 rings (SSSR count). The van der Waals surface area contributed by atoms with Gasteiger partial charge in [-0.2, -0.15) is 0 Å². The summed E-state index contributed by atoms with van der Waals surface area (Å²) in [6, 6.07) is 0. The van der Waals surface area contributed by atoms with Crippen molar-refractivity contribution in [2.24, 2.45) is 0 Å². The zero-order valence-corrected chi connectivity index (χ0v) is 8.56. The average Bonchev–Trinajstić information content (AvgIpc) is 2.12. The molecule has 0 atom stereocenters. The number of hydrogen-bond acceptors (Lipinski definition) is 3. The molecule has 0 radical (unpaired) electrons. The van der Waals surface area contributed by atoms with Crippen LogP contribution in [0, 0.1) is 0 Å². The average molecular weight is 260 g/mol. The Balaban J connectivity index is 3.00. The number of halogens is 2. The van der Waals surface area contributed by atoms with Crippen LogP contribution in [0.4, 0.5) is 0 Å². The van der Waals surface area contributed by atoms with Crippen molar-refractivity contribution in [1.29, 1.82) is 0 Å². The maximum absolute atomic E-state index is 10.9. The van der Waals surface area contributed by atoms with Gasteiger partial charge in [-0.1, -0.05) is 11.6 Å². The van der Waals surface area contributed by atoms with Gasteiger partial charge in [0.1, 0.15) is 5.52 Å². The van der Waals surface area contributed by atoms with Crippen LogP contribution in [-0.2, 0) is 0 Å². The van der Waals surface area contributed by atoms with Crippen LogP contribution in [0.1, 0.15) is 0 Å². The lowest BCUT2D eigenvalue weighted by molar-refractivity contribution is 1.19. The Bertz CT molecular complexity index is 525. The second-order valence-corrected chi connectivity index (χ2v) is 3.58. The van der Waals surface area contributed by atoms with Gasteiger partial charge < -0.3 is 4.98 Å². The van der Waals surface area contributed by atoms with E-state index in [1.54, 1.807) is 0 Å². The van der Waals surface area contributed by atoms with Crippen molar-refractivity contribution in [2.45, 2.75) is 0 Å². The number of nitrogens with zero attached hydrogens (tertiary/aromatic N) is 2. The predicted molar refractivity (Wildman–Crippen MR) is 52.9 cm³/mol. The molecule has 0 aromatic carbocycles. The largest absolute Gasteiger partial charge is 0.318 e. The molecule has 0 spiro atoms. The van der Waals surface area contributed by atoms with E-state index in [0.29, 0.717) is 15.5 Å². The molecule has 2 aromatic heterocycles. The van der Waals surface area contributed by atoms with E-state index in [2.05, 4.69) is 30.9 Å². The van der Waals surface area contributed by atoms with Gasteiger partial charge in [-0.15, -0.1) is 0 Å². The molecule has 6 heteroatoms. The quantitative estimate of drug-likeness (QED) is 0.734. The van der Waals surface area contributed by atoms with E-state index >= 15 is 0 Å². The second kappa shape index (κ2) is 3.08. The Morgan fingerprint density at radius 2 is 2.15 bits per heavy atom. The highest BCUT2D eigenvalue weighted by Gasteiger charge is 2.05. The van der Waals surface area contributed by atoms with Gasteiger partial charge in [0.25, 0.3) is 5.56 Å². The van der Waals surface area contributed by atoms with Gasteiger partial charge >= 0.3 is 0 Å². The highest BCUT2D eigenvalue weighted by atomic mass is 79.9. The second-order valence-electron chi connectivity index (χ2n) is 2.37. The third kappa shape index (κ3) is 1.45. The molecule has 4 nitrogen and oxygen atoms in total. The standard InChI is InChI=1S/C7H3BrClN3O/c8-3-1-11-7(9)6-5(3)12-4(13)2-10-6/h1-2H,(H,12,13). The van der Waals surface area contributed by atoms with E-state index in [4.69, 9.17) is 11.6 Å². The Hall–Kier alpha value is -0.940. The molecule has 66 valence electrons. The molecule has 0 fully saturated rings. The highest BCUT2D eigenvalue weighted by molar-refractivity contribution is 9.10. The molecule has 0 saturated heterocycles. The summed E-state index contributed by atoms with van der Waals surface area (Å²) in [6.45, 7) is 0. The fraction of sp³-hybridized carbons (Fsp3) is 0. The lowest BCUT2D eigenvalue weighted by atomic mass is 10.4. The molecule has 13 heavy (non-hydrogen) atoms. The van der Waals surface area contributed by atoms with Crippen molar-refractivity contribution in [2.75, 3.05) is 0 Å². The van der Waals surface area contributed by atoms with Gasteiger partial charge in [-0.25, -0.2) is 9.97 Å². The topological polar surface area (TPSA) is 58.6 Å². The summed E-state index contributed by atoms with van der Waals surface area (Å²) in [5, 5.41) is 0.273. The first-order valence-electron chi connectivity index (χ1n) is 3.37. The third-order valence-electron chi connectivity index (χ3n) is 1.52. The summed E-state index contributed by atoms with van der Waals surface area (Å²) in [6.07, 6.45) is 2.69. The normalized spacial score (nSPS) is 10.6. The van der Waals surface area contributed by atoms with Gasteiger partial charge in [0.05, 0.1) is 16.2 Å². The Morgan fingerprint density at radius 3 is 2.92 bits per heavy atom. The molecule has 0 saturated carbocycles. The summed E-state index contributed by atoms with van der Waals surface area (Å²) in [5.41, 5.74) is 0.776. The minimum Gasteiger partial charge on any atom is -0.318 e. The molecule has 2 aromatic rings.